The van der Waals surface area contributed by atoms with Crippen molar-refractivity contribution < 1.29 is 0 Å². The van der Waals surface area contributed by atoms with Gasteiger partial charge >= 0.3 is 0 Å². The number of anilines is 1. The summed E-state index contributed by atoms with van der Waals surface area (Å²) in [6.45, 7) is 1.66. The van der Waals surface area contributed by atoms with E-state index in [2.05, 4.69) is 9.88 Å². The third-order valence-corrected chi connectivity index (χ3v) is 2.83. The molecule has 1 heterocycles. The van der Waals surface area contributed by atoms with E-state index >= 15 is 0 Å². The molecule has 1 saturated carbocycles. The average molecular weight is 183 g/mol. The Bertz CT molecular complexity index is 230. The van der Waals surface area contributed by atoms with Gasteiger partial charge in [-0.3, -0.25) is 0 Å². The second-order valence-electron chi connectivity index (χ2n) is 3.03. The molecule has 0 unspecified atom stereocenters. The van der Waals surface area contributed by atoms with Gasteiger partial charge in [0.25, 0.3) is 0 Å². The second-order valence-corrected chi connectivity index (χ2v) is 3.90. The summed E-state index contributed by atoms with van der Waals surface area (Å²) in [6.07, 6.45) is 4.46. The van der Waals surface area contributed by atoms with Gasteiger partial charge in [0.2, 0.25) is 0 Å². The minimum Gasteiger partial charge on any atom is -0.344 e. The zero-order valence-electron chi connectivity index (χ0n) is 6.94. The molecule has 1 fully saturated rings. The van der Waals surface area contributed by atoms with Gasteiger partial charge in [0.05, 0.1) is 0 Å². The fraction of sp³-hybridized carbons (Fsp3) is 0.625. The van der Waals surface area contributed by atoms with Gasteiger partial charge in [0.15, 0.2) is 5.13 Å². The Morgan fingerprint density at radius 2 is 2.50 bits per heavy atom. The van der Waals surface area contributed by atoms with Gasteiger partial charge in [-0.1, -0.05) is 0 Å². The van der Waals surface area contributed by atoms with E-state index in [0.717, 1.165) is 24.3 Å². The summed E-state index contributed by atoms with van der Waals surface area (Å²) in [6, 6.07) is 0.722. The van der Waals surface area contributed by atoms with Crippen molar-refractivity contribution in [3.05, 3.63) is 11.6 Å². The lowest BCUT2D eigenvalue weighted by atomic mass is 10.5. The van der Waals surface area contributed by atoms with Crippen molar-refractivity contribution in [1.29, 1.82) is 0 Å². The van der Waals surface area contributed by atoms with Crippen LogP contribution < -0.4 is 10.6 Å². The molecule has 0 spiro atoms. The van der Waals surface area contributed by atoms with E-state index in [-0.39, 0.29) is 0 Å². The van der Waals surface area contributed by atoms with Crippen LogP contribution in [0.2, 0.25) is 0 Å². The molecule has 66 valence electrons. The third-order valence-electron chi connectivity index (χ3n) is 2.02. The van der Waals surface area contributed by atoms with Gasteiger partial charge < -0.3 is 10.6 Å². The predicted molar refractivity (Wildman–Crippen MR) is 51.5 cm³/mol. The molecule has 1 aromatic heterocycles. The molecule has 1 aromatic rings. The molecular weight excluding hydrogens is 170 g/mol. The Hall–Kier alpha value is -0.610. The molecule has 0 atom stereocenters. The number of thiazole rings is 1. The second kappa shape index (κ2) is 3.41. The number of rotatable bonds is 4. The summed E-state index contributed by atoms with van der Waals surface area (Å²) < 4.78 is 0. The standard InChI is InChI=1S/C8H13N3S/c9-3-5-11(7-1-2-7)8-10-4-6-12-8/h4,6-7H,1-3,5,9H2. The minimum absolute atomic E-state index is 0.718. The number of aromatic nitrogens is 1. The molecule has 0 saturated heterocycles. The van der Waals surface area contributed by atoms with Crippen LogP contribution >= 0.6 is 11.3 Å². The highest BCUT2D eigenvalue weighted by atomic mass is 32.1. The zero-order chi connectivity index (χ0) is 8.39. The molecule has 2 rings (SSSR count). The van der Waals surface area contributed by atoms with Gasteiger partial charge in [0.1, 0.15) is 0 Å². The highest BCUT2D eigenvalue weighted by Gasteiger charge is 2.29. The Morgan fingerprint density at radius 1 is 1.67 bits per heavy atom. The van der Waals surface area contributed by atoms with E-state index in [4.69, 9.17) is 5.73 Å². The molecule has 12 heavy (non-hydrogen) atoms. The molecule has 1 aliphatic carbocycles. The van der Waals surface area contributed by atoms with Crippen molar-refractivity contribution in [2.24, 2.45) is 5.73 Å². The van der Waals surface area contributed by atoms with E-state index in [0.29, 0.717) is 0 Å². The number of nitrogens with two attached hydrogens (primary N) is 1. The van der Waals surface area contributed by atoms with Crippen LogP contribution in [-0.4, -0.2) is 24.1 Å². The molecule has 0 aliphatic heterocycles. The van der Waals surface area contributed by atoms with Crippen LogP contribution in [0.4, 0.5) is 5.13 Å². The van der Waals surface area contributed by atoms with Crippen molar-refractivity contribution in [2.75, 3.05) is 18.0 Å². The van der Waals surface area contributed by atoms with Crippen molar-refractivity contribution in [1.82, 2.24) is 4.98 Å². The molecule has 3 nitrogen and oxygen atoms in total. The van der Waals surface area contributed by atoms with Gasteiger partial charge in [-0.2, -0.15) is 0 Å². The number of nitrogens with zero attached hydrogens (tertiary/aromatic N) is 2. The summed E-state index contributed by atoms with van der Waals surface area (Å²) in [5.74, 6) is 0. The van der Waals surface area contributed by atoms with Crippen molar-refractivity contribution in [3.63, 3.8) is 0 Å². The van der Waals surface area contributed by atoms with Crippen LogP contribution in [0.15, 0.2) is 11.6 Å². The van der Waals surface area contributed by atoms with Crippen LogP contribution in [0.25, 0.3) is 0 Å². The third kappa shape index (κ3) is 1.59. The summed E-state index contributed by atoms with van der Waals surface area (Å²) in [4.78, 5) is 6.61. The highest BCUT2D eigenvalue weighted by Crippen LogP contribution is 2.31. The molecule has 4 heteroatoms. The number of hydrogen-bond acceptors (Lipinski definition) is 4. The van der Waals surface area contributed by atoms with Crippen LogP contribution in [0.5, 0.6) is 0 Å². The SMILES string of the molecule is NCCN(c1nccs1)C1CC1. The van der Waals surface area contributed by atoms with Crippen LogP contribution in [0, 0.1) is 0 Å². The van der Waals surface area contributed by atoms with Gasteiger partial charge in [0, 0.05) is 30.7 Å². The highest BCUT2D eigenvalue weighted by molar-refractivity contribution is 7.13. The normalized spacial score (nSPS) is 16.4. The van der Waals surface area contributed by atoms with Crippen molar-refractivity contribution >= 4 is 16.5 Å². The van der Waals surface area contributed by atoms with Crippen LogP contribution in [0.3, 0.4) is 0 Å². The largest absolute Gasteiger partial charge is 0.344 e. The smallest absolute Gasteiger partial charge is 0.185 e. The molecule has 2 N–H and O–H groups in total. The monoisotopic (exact) mass is 183 g/mol. The van der Waals surface area contributed by atoms with Gasteiger partial charge in [-0.05, 0) is 12.8 Å². The zero-order valence-corrected chi connectivity index (χ0v) is 7.76. The first kappa shape index (κ1) is 8.01. The first-order chi connectivity index (χ1) is 5.92. The Balaban J connectivity index is 2.05. The lowest BCUT2D eigenvalue weighted by Crippen LogP contribution is -2.31. The lowest BCUT2D eigenvalue weighted by Gasteiger charge is -2.19. The van der Waals surface area contributed by atoms with Crippen LogP contribution in [0.1, 0.15) is 12.8 Å². The van der Waals surface area contributed by atoms with E-state index < -0.39 is 0 Å². The van der Waals surface area contributed by atoms with Gasteiger partial charge in [-0.15, -0.1) is 11.3 Å². The van der Waals surface area contributed by atoms with Crippen LogP contribution in [-0.2, 0) is 0 Å². The fourth-order valence-electron chi connectivity index (χ4n) is 1.32. The maximum absolute atomic E-state index is 5.54. The Morgan fingerprint density at radius 3 is 3.00 bits per heavy atom. The summed E-state index contributed by atoms with van der Waals surface area (Å²) in [7, 11) is 0. The predicted octanol–water partition coefficient (Wildman–Crippen LogP) is 1.07. The quantitative estimate of drug-likeness (QED) is 0.759. The molecule has 0 radical (unpaired) electrons. The first-order valence-corrected chi connectivity index (χ1v) is 5.16. The Labute approximate surface area is 76.2 Å². The van der Waals surface area contributed by atoms with E-state index in [1.165, 1.54) is 12.8 Å². The topological polar surface area (TPSA) is 42.1 Å². The molecule has 0 aromatic carbocycles. The molecule has 0 bridgehead atoms. The maximum Gasteiger partial charge on any atom is 0.185 e. The lowest BCUT2D eigenvalue weighted by molar-refractivity contribution is 0.781. The summed E-state index contributed by atoms with van der Waals surface area (Å²) in [5.41, 5.74) is 5.54. The first-order valence-electron chi connectivity index (χ1n) is 4.28. The van der Waals surface area contributed by atoms with E-state index in [1.807, 2.05) is 11.6 Å². The molecule has 0 amide bonds. The number of hydrogen-bond donors (Lipinski definition) is 1. The average Bonchev–Trinajstić information content (AvgIpc) is 2.77. The van der Waals surface area contributed by atoms with E-state index in [1.54, 1.807) is 11.3 Å². The van der Waals surface area contributed by atoms with E-state index in [9.17, 15) is 0 Å². The maximum atomic E-state index is 5.54. The summed E-state index contributed by atoms with van der Waals surface area (Å²) >= 11 is 1.70. The fourth-order valence-corrected chi connectivity index (χ4v) is 2.06. The summed E-state index contributed by atoms with van der Waals surface area (Å²) in [5, 5.41) is 3.14. The van der Waals surface area contributed by atoms with Crippen molar-refractivity contribution in [2.45, 2.75) is 18.9 Å². The minimum atomic E-state index is 0.718. The van der Waals surface area contributed by atoms with Crippen molar-refractivity contribution in [3.8, 4) is 0 Å². The Kier molecular flexibility index (Phi) is 2.28. The van der Waals surface area contributed by atoms with Gasteiger partial charge in [-0.25, -0.2) is 4.98 Å². The molecule has 1 aliphatic rings. The molecular formula is C8H13N3S.